The molecule has 0 fully saturated rings. The van der Waals surface area contributed by atoms with Crippen LogP contribution in [0.15, 0.2) is 41.8 Å². The SMILES string of the molecule is N#CC(=Cc1cccs1)c1cccc([N+](=O)[O-])c1. The molecule has 0 atom stereocenters. The van der Waals surface area contributed by atoms with Gasteiger partial charge >= 0.3 is 0 Å². The Balaban J connectivity index is 2.43. The van der Waals surface area contributed by atoms with E-state index in [1.165, 1.54) is 23.5 Å². The molecule has 2 aromatic rings. The molecule has 0 N–H and O–H groups in total. The molecule has 0 unspecified atom stereocenters. The lowest BCUT2D eigenvalue weighted by molar-refractivity contribution is -0.384. The van der Waals surface area contributed by atoms with Gasteiger partial charge in [-0.3, -0.25) is 10.1 Å². The van der Waals surface area contributed by atoms with Gasteiger partial charge < -0.3 is 0 Å². The van der Waals surface area contributed by atoms with Crippen LogP contribution in [-0.4, -0.2) is 4.92 Å². The first-order chi connectivity index (χ1) is 8.70. The number of nitrogens with zero attached hydrogens (tertiary/aromatic N) is 2. The van der Waals surface area contributed by atoms with Crippen LogP contribution in [0, 0.1) is 21.4 Å². The number of nitro groups is 1. The maximum Gasteiger partial charge on any atom is 0.270 e. The molecule has 0 saturated carbocycles. The Morgan fingerprint density at radius 1 is 1.39 bits per heavy atom. The highest BCUT2D eigenvalue weighted by Gasteiger charge is 2.08. The van der Waals surface area contributed by atoms with Gasteiger partial charge in [0.15, 0.2) is 0 Å². The molecule has 88 valence electrons. The minimum Gasteiger partial charge on any atom is -0.258 e. The number of non-ortho nitro benzene ring substituents is 1. The van der Waals surface area contributed by atoms with Gasteiger partial charge in [0.25, 0.3) is 5.69 Å². The third-order valence-electron chi connectivity index (χ3n) is 2.32. The van der Waals surface area contributed by atoms with E-state index in [1.54, 1.807) is 18.2 Å². The molecule has 0 spiro atoms. The summed E-state index contributed by atoms with van der Waals surface area (Å²) in [6, 6.07) is 11.9. The van der Waals surface area contributed by atoms with E-state index in [0.717, 1.165) is 4.88 Å². The highest BCUT2D eigenvalue weighted by Crippen LogP contribution is 2.23. The molecule has 1 aromatic heterocycles. The fraction of sp³-hybridized carbons (Fsp3) is 0. The van der Waals surface area contributed by atoms with Crippen LogP contribution in [0.2, 0.25) is 0 Å². The second-order valence-corrected chi connectivity index (χ2v) is 4.47. The maximum absolute atomic E-state index is 10.7. The first kappa shape index (κ1) is 12.0. The van der Waals surface area contributed by atoms with Crippen molar-refractivity contribution < 1.29 is 4.92 Å². The van der Waals surface area contributed by atoms with Crippen molar-refractivity contribution in [1.29, 1.82) is 5.26 Å². The summed E-state index contributed by atoms with van der Waals surface area (Å²) >= 11 is 1.51. The largest absolute Gasteiger partial charge is 0.270 e. The van der Waals surface area contributed by atoms with Gasteiger partial charge in [-0.05, 0) is 23.1 Å². The molecule has 5 heteroatoms. The minimum absolute atomic E-state index is 0.0140. The smallest absolute Gasteiger partial charge is 0.258 e. The minimum atomic E-state index is -0.469. The lowest BCUT2D eigenvalue weighted by atomic mass is 10.1. The predicted molar refractivity (Wildman–Crippen MR) is 70.9 cm³/mol. The van der Waals surface area contributed by atoms with Crippen LogP contribution in [0.1, 0.15) is 10.4 Å². The van der Waals surface area contributed by atoms with Crippen molar-refractivity contribution in [2.75, 3.05) is 0 Å². The van der Waals surface area contributed by atoms with Crippen LogP contribution in [0.25, 0.3) is 11.6 Å². The van der Waals surface area contributed by atoms with Crippen molar-refractivity contribution in [3.8, 4) is 6.07 Å². The van der Waals surface area contributed by atoms with E-state index >= 15 is 0 Å². The average molecular weight is 256 g/mol. The van der Waals surface area contributed by atoms with E-state index in [2.05, 4.69) is 6.07 Å². The lowest BCUT2D eigenvalue weighted by Gasteiger charge is -1.98. The van der Waals surface area contributed by atoms with Crippen molar-refractivity contribution in [2.24, 2.45) is 0 Å². The Labute approximate surface area is 108 Å². The van der Waals surface area contributed by atoms with Gasteiger partial charge in [-0.25, -0.2) is 0 Å². The molecule has 0 bridgehead atoms. The maximum atomic E-state index is 10.7. The monoisotopic (exact) mass is 256 g/mol. The van der Waals surface area contributed by atoms with Gasteiger partial charge in [0.1, 0.15) is 0 Å². The quantitative estimate of drug-likeness (QED) is 0.477. The second kappa shape index (κ2) is 5.25. The van der Waals surface area contributed by atoms with Gasteiger partial charge in [0, 0.05) is 17.0 Å². The first-order valence-corrected chi connectivity index (χ1v) is 5.99. The number of allylic oxidation sites excluding steroid dienone is 1. The number of benzene rings is 1. The molecule has 1 heterocycles. The van der Waals surface area contributed by atoms with Crippen molar-refractivity contribution in [3.05, 3.63) is 62.3 Å². The summed E-state index contributed by atoms with van der Waals surface area (Å²) in [7, 11) is 0. The van der Waals surface area contributed by atoms with E-state index in [0.29, 0.717) is 11.1 Å². The third-order valence-corrected chi connectivity index (χ3v) is 3.14. The number of nitro benzene ring substituents is 1. The van der Waals surface area contributed by atoms with Crippen LogP contribution < -0.4 is 0 Å². The van der Waals surface area contributed by atoms with E-state index in [9.17, 15) is 10.1 Å². The highest BCUT2D eigenvalue weighted by atomic mass is 32.1. The zero-order valence-electron chi connectivity index (χ0n) is 9.24. The second-order valence-electron chi connectivity index (χ2n) is 3.49. The molecule has 0 radical (unpaired) electrons. The summed E-state index contributed by atoms with van der Waals surface area (Å²) in [5, 5.41) is 21.7. The molecule has 0 saturated heterocycles. The Bertz CT molecular complexity index is 639. The van der Waals surface area contributed by atoms with E-state index in [-0.39, 0.29) is 5.69 Å². The summed E-state index contributed by atoms with van der Waals surface area (Å²) in [6.45, 7) is 0. The summed E-state index contributed by atoms with van der Waals surface area (Å²) < 4.78 is 0. The van der Waals surface area contributed by atoms with E-state index < -0.39 is 4.92 Å². The average Bonchev–Trinajstić information content (AvgIpc) is 2.89. The third kappa shape index (κ3) is 2.62. The molecule has 0 aliphatic rings. The number of thiophene rings is 1. The molecular weight excluding hydrogens is 248 g/mol. The fourth-order valence-electron chi connectivity index (χ4n) is 1.48. The number of nitriles is 1. The predicted octanol–water partition coefficient (Wildman–Crippen LogP) is 3.72. The molecule has 2 rings (SSSR count). The highest BCUT2D eigenvalue weighted by molar-refractivity contribution is 7.10. The topological polar surface area (TPSA) is 66.9 Å². The number of hydrogen-bond acceptors (Lipinski definition) is 4. The summed E-state index contributed by atoms with van der Waals surface area (Å²) in [6.07, 6.45) is 1.73. The molecule has 0 amide bonds. The van der Waals surface area contributed by atoms with Crippen LogP contribution in [0.5, 0.6) is 0 Å². The van der Waals surface area contributed by atoms with Gasteiger partial charge in [0.2, 0.25) is 0 Å². The molecule has 0 aliphatic heterocycles. The van der Waals surface area contributed by atoms with Crippen molar-refractivity contribution in [1.82, 2.24) is 0 Å². The Morgan fingerprint density at radius 2 is 2.22 bits per heavy atom. The van der Waals surface area contributed by atoms with Crippen LogP contribution in [0.3, 0.4) is 0 Å². The molecule has 0 aliphatic carbocycles. The van der Waals surface area contributed by atoms with Gasteiger partial charge in [-0.2, -0.15) is 5.26 Å². The van der Waals surface area contributed by atoms with Crippen molar-refractivity contribution in [3.63, 3.8) is 0 Å². The summed E-state index contributed by atoms with van der Waals surface area (Å²) in [5.74, 6) is 0. The van der Waals surface area contributed by atoms with Crippen molar-refractivity contribution in [2.45, 2.75) is 0 Å². The Kier molecular flexibility index (Phi) is 3.51. The molecular formula is C13H8N2O2S. The lowest BCUT2D eigenvalue weighted by Crippen LogP contribution is -1.89. The number of hydrogen-bond donors (Lipinski definition) is 0. The molecule has 4 nitrogen and oxygen atoms in total. The fourth-order valence-corrected chi connectivity index (χ4v) is 2.14. The normalized spacial score (nSPS) is 10.9. The van der Waals surface area contributed by atoms with Crippen LogP contribution in [-0.2, 0) is 0 Å². The summed E-state index contributed by atoms with van der Waals surface area (Å²) in [5.41, 5.74) is 0.959. The first-order valence-electron chi connectivity index (χ1n) is 5.11. The van der Waals surface area contributed by atoms with Crippen LogP contribution >= 0.6 is 11.3 Å². The zero-order chi connectivity index (χ0) is 13.0. The molecule has 18 heavy (non-hydrogen) atoms. The van der Waals surface area contributed by atoms with E-state index in [1.807, 2.05) is 17.5 Å². The molecule has 1 aromatic carbocycles. The van der Waals surface area contributed by atoms with Gasteiger partial charge in [-0.1, -0.05) is 18.2 Å². The summed E-state index contributed by atoms with van der Waals surface area (Å²) in [4.78, 5) is 11.2. The van der Waals surface area contributed by atoms with Crippen molar-refractivity contribution >= 4 is 28.7 Å². The van der Waals surface area contributed by atoms with Crippen LogP contribution in [0.4, 0.5) is 5.69 Å². The Morgan fingerprint density at radius 3 is 2.83 bits per heavy atom. The number of rotatable bonds is 3. The Hall–Kier alpha value is -2.45. The van der Waals surface area contributed by atoms with Gasteiger partial charge in [-0.15, -0.1) is 11.3 Å². The zero-order valence-corrected chi connectivity index (χ0v) is 10.1. The van der Waals surface area contributed by atoms with Gasteiger partial charge in [0.05, 0.1) is 16.6 Å². The standard InChI is InChI=1S/C13H8N2O2S/c14-9-11(8-13-5-2-6-18-13)10-3-1-4-12(7-10)15(16)17/h1-8H. The van der Waals surface area contributed by atoms with E-state index in [4.69, 9.17) is 5.26 Å².